The van der Waals surface area contributed by atoms with Gasteiger partial charge >= 0.3 is 5.97 Å². The molecule has 0 saturated carbocycles. The Balaban J connectivity index is 2.44. The van der Waals surface area contributed by atoms with Crippen LogP contribution in [0.25, 0.3) is 22.2 Å². The van der Waals surface area contributed by atoms with E-state index < -0.39 is 11.9 Å². The number of carboxylic acids is 1. The van der Waals surface area contributed by atoms with Gasteiger partial charge in [0.25, 0.3) is 11.5 Å². The minimum atomic E-state index is -0.998. The highest BCUT2D eigenvalue weighted by atomic mass is 35.5. The van der Waals surface area contributed by atoms with E-state index in [4.69, 9.17) is 22.4 Å². The predicted molar refractivity (Wildman–Crippen MR) is 107 cm³/mol. The number of aromatic nitrogens is 2. The summed E-state index contributed by atoms with van der Waals surface area (Å²) in [5, 5.41) is 10.2. The predicted octanol–water partition coefficient (Wildman–Crippen LogP) is 2.85. The Morgan fingerprint density at radius 2 is 2.00 bits per heavy atom. The Bertz CT molecular complexity index is 1150. The number of aliphatic carboxylic acids is 1. The van der Waals surface area contributed by atoms with Gasteiger partial charge in [-0.25, -0.2) is 4.98 Å². The van der Waals surface area contributed by atoms with E-state index in [0.717, 1.165) is 0 Å². The summed E-state index contributed by atoms with van der Waals surface area (Å²) < 4.78 is 1.42. The number of benzene rings is 1. The highest BCUT2D eigenvalue weighted by Crippen LogP contribution is 2.32. The van der Waals surface area contributed by atoms with Gasteiger partial charge in [0.2, 0.25) is 0 Å². The van der Waals surface area contributed by atoms with Crippen molar-refractivity contribution in [1.29, 1.82) is 0 Å². The van der Waals surface area contributed by atoms with Crippen LogP contribution >= 0.6 is 11.6 Å². The van der Waals surface area contributed by atoms with Crippen LogP contribution < -0.4 is 11.3 Å². The van der Waals surface area contributed by atoms with Crippen molar-refractivity contribution in [3.05, 3.63) is 63.0 Å². The van der Waals surface area contributed by atoms with Crippen LogP contribution in [0.5, 0.6) is 0 Å². The number of nitrogens with zero attached hydrogens (tertiary/aromatic N) is 2. The smallest absolute Gasteiger partial charge is 0.303 e. The number of carboxylic acid groups (broad SMARTS) is 1. The molecule has 2 heterocycles. The molecule has 0 aliphatic rings. The summed E-state index contributed by atoms with van der Waals surface area (Å²) in [5.74, 6) is -1.70. The molecule has 144 valence electrons. The summed E-state index contributed by atoms with van der Waals surface area (Å²) in [7, 11) is 0. The summed E-state index contributed by atoms with van der Waals surface area (Å²) in [4.78, 5) is 40.2. The lowest BCUT2D eigenvalue weighted by Gasteiger charge is -2.17. The molecule has 1 amide bonds. The van der Waals surface area contributed by atoms with Gasteiger partial charge in [-0.1, -0.05) is 23.7 Å². The first-order valence-electron chi connectivity index (χ1n) is 8.67. The van der Waals surface area contributed by atoms with Crippen molar-refractivity contribution in [2.75, 3.05) is 0 Å². The van der Waals surface area contributed by atoms with Gasteiger partial charge in [0, 0.05) is 34.5 Å². The standard InChI is InChI=1S/C20H18ClN3O4/c1-2-24-19-13(6-8-15(23-19)18(22)27)17(11-4-3-5-12(21)10-11)14(20(24)28)7-9-16(25)26/h3-6,8,10H,2,7,9H2,1H3,(H2,22,27)(H,25,26). The van der Waals surface area contributed by atoms with Crippen molar-refractivity contribution in [3.8, 4) is 11.1 Å². The van der Waals surface area contributed by atoms with Crippen LogP contribution in [0.15, 0.2) is 41.2 Å². The first-order chi connectivity index (χ1) is 13.3. The van der Waals surface area contributed by atoms with Gasteiger partial charge in [0.1, 0.15) is 11.3 Å². The Kier molecular flexibility index (Phi) is 5.46. The second kappa shape index (κ2) is 7.82. The summed E-state index contributed by atoms with van der Waals surface area (Å²) in [6.07, 6.45) is -0.131. The van der Waals surface area contributed by atoms with Gasteiger partial charge in [-0.05, 0) is 43.2 Å². The molecule has 8 heteroatoms. The average Bonchev–Trinajstić information content (AvgIpc) is 2.65. The monoisotopic (exact) mass is 399 g/mol. The number of fused-ring (bicyclic) bond motifs is 1. The molecule has 0 atom stereocenters. The van der Waals surface area contributed by atoms with Gasteiger partial charge < -0.3 is 10.8 Å². The number of hydrogen-bond acceptors (Lipinski definition) is 4. The molecule has 3 aromatic rings. The Labute approximate surface area is 165 Å². The third-order valence-electron chi connectivity index (χ3n) is 4.48. The van der Waals surface area contributed by atoms with Gasteiger partial charge in [0.15, 0.2) is 0 Å². The number of primary amides is 1. The van der Waals surface area contributed by atoms with E-state index in [-0.39, 0.29) is 24.1 Å². The topological polar surface area (TPSA) is 115 Å². The molecule has 0 aliphatic heterocycles. The lowest BCUT2D eigenvalue weighted by atomic mass is 9.94. The van der Waals surface area contributed by atoms with E-state index in [9.17, 15) is 14.4 Å². The quantitative estimate of drug-likeness (QED) is 0.661. The van der Waals surface area contributed by atoms with Crippen LogP contribution in [0.3, 0.4) is 0 Å². The SMILES string of the molecule is CCn1c(=O)c(CCC(=O)O)c(-c2cccc(Cl)c2)c2ccc(C(N)=O)nc21. The molecule has 0 bridgehead atoms. The molecule has 28 heavy (non-hydrogen) atoms. The molecule has 0 unspecified atom stereocenters. The summed E-state index contributed by atoms with van der Waals surface area (Å²) in [6.45, 7) is 2.08. The maximum absolute atomic E-state index is 13.2. The zero-order valence-electron chi connectivity index (χ0n) is 15.1. The number of carbonyl (C=O) groups excluding carboxylic acids is 1. The van der Waals surface area contributed by atoms with Crippen LogP contribution in [0.2, 0.25) is 5.02 Å². The fraction of sp³-hybridized carbons (Fsp3) is 0.200. The molecule has 3 rings (SSSR count). The number of hydrogen-bond donors (Lipinski definition) is 2. The highest BCUT2D eigenvalue weighted by molar-refractivity contribution is 6.30. The number of nitrogens with two attached hydrogens (primary N) is 1. The van der Waals surface area contributed by atoms with Crippen molar-refractivity contribution in [1.82, 2.24) is 9.55 Å². The van der Waals surface area contributed by atoms with Crippen molar-refractivity contribution in [3.63, 3.8) is 0 Å². The molecular weight excluding hydrogens is 382 g/mol. The van der Waals surface area contributed by atoms with Crippen LogP contribution in [0, 0.1) is 0 Å². The number of pyridine rings is 2. The van der Waals surface area contributed by atoms with Crippen molar-refractivity contribution >= 4 is 34.5 Å². The number of aryl methyl sites for hydroxylation is 1. The zero-order valence-corrected chi connectivity index (χ0v) is 15.9. The summed E-state index contributed by atoms with van der Waals surface area (Å²) in [5.41, 5.74) is 6.97. The first-order valence-corrected chi connectivity index (χ1v) is 9.05. The third-order valence-corrected chi connectivity index (χ3v) is 4.71. The van der Waals surface area contributed by atoms with E-state index in [1.165, 1.54) is 10.6 Å². The van der Waals surface area contributed by atoms with E-state index in [1.54, 1.807) is 37.3 Å². The van der Waals surface area contributed by atoms with Crippen molar-refractivity contribution in [2.45, 2.75) is 26.3 Å². The molecule has 3 N–H and O–H groups in total. The third kappa shape index (κ3) is 3.61. The second-order valence-corrected chi connectivity index (χ2v) is 6.68. The number of amides is 1. The fourth-order valence-electron chi connectivity index (χ4n) is 3.25. The fourth-order valence-corrected chi connectivity index (χ4v) is 3.44. The molecular formula is C20H18ClN3O4. The lowest BCUT2D eigenvalue weighted by Crippen LogP contribution is -2.26. The second-order valence-electron chi connectivity index (χ2n) is 6.24. The minimum Gasteiger partial charge on any atom is -0.481 e. The maximum atomic E-state index is 13.2. The average molecular weight is 400 g/mol. The lowest BCUT2D eigenvalue weighted by molar-refractivity contribution is -0.136. The molecule has 1 aromatic carbocycles. The maximum Gasteiger partial charge on any atom is 0.303 e. The molecule has 2 aromatic heterocycles. The number of carbonyl (C=O) groups is 2. The highest BCUT2D eigenvalue weighted by Gasteiger charge is 2.20. The van der Waals surface area contributed by atoms with Gasteiger partial charge in [-0.2, -0.15) is 0 Å². The van der Waals surface area contributed by atoms with Gasteiger partial charge in [-0.15, -0.1) is 0 Å². The van der Waals surface area contributed by atoms with Crippen molar-refractivity contribution in [2.24, 2.45) is 5.73 Å². The minimum absolute atomic E-state index is 0.0458. The Hall–Kier alpha value is -3.19. The van der Waals surface area contributed by atoms with Gasteiger partial charge in [-0.3, -0.25) is 19.0 Å². The van der Waals surface area contributed by atoms with Crippen LogP contribution in [0.1, 0.15) is 29.4 Å². The van der Waals surface area contributed by atoms with Crippen LogP contribution in [0.4, 0.5) is 0 Å². The van der Waals surface area contributed by atoms with E-state index in [2.05, 4.69) is 4.98 Å². The Morgan fingerprint density at radius 1 is 1.25 bits per heavy atom. The summed E-state index contributed by atoms with van der Waals surface area (Å²) >= 11 is 6.14. The molecule has 0 fully saturated rings. The van der Waals surface area contributed by atoms with Crippen LogP contribution in [-0.2, 0) is 17.8 Å². The number of rotatable bonds is 6. The number of halogens is 1. The van der Waals surface area contributed by atoms with E-state index in [0.29, 0.717) is 39.3 Å². The van der Waals surface area contributed by atoms with Gasteiger partial charge in [0.05, 0.1) is 0 Å². The molecule has 0 aliphatic carbocycles. The van der Waals surface area contributed by atoms with Crippen molar-refractivity contribution < 1.29 is 14.7 Å². The van der Waals surface area contributed by atoms with E-state index in [1.807, 2.05) is 0 Å². The van der Waals surface area contributed by atoms with E-state index >= 15 is 0 Å². The van der Waals surface area contributed by atoms with Crippen LogP contribution in [-0.4, -0.2) is 26.5 Å². The first kappa shape index (κ1) is 19.6. The zero-order chi connectivity index (χ0) is 20.4. The largest absolute Gasteiger partial charge is 0.481 e. The molecule has 0 spiro atoms. The molecule has 0 saturated heterocycles. The Morgan fingerprint density at radius 3 is 2.61 bits per heavy atom. The molecule has 7 nitrogen and oxygen atoms in total. The molecule has 0 radical (unpaired) electrons. The normalized spacial score (nSPS) is 10.9. The summed E-state index contributed by atoms with van der Waals surface area (Å²) in [6, 6.07) is 10.1.